The van der Waals surface area contributed by atoms with Crippen LogP contribution in [-0.2, 0) is 0 Å². The summed E-state index contributed by atoms with van der Waals surface area (Å²) in [5, 5.41) is 0. The van der Waals surface area contributed by atoms with Crippen LogP contribution in [0.25, 0.3) is 6.08 Å². The van der Waals surface area contributed by atoms with Gasteiger partial charge in [0, 0.05) is 5.69 Å². The first-order valence-electron chi connectivity index (χ1n) is 3.73. The third kappa shape index (κ3) is 1.84. The second kappa shape index (κ2) is 3.24. The molecule has 0 saturated carbocycles. The highest BCUT2D eigenvalue weighted by molar-refractivity contribution is 5.64. The van der Waals surface area contributed by atoms with Crippen LogP contribution in [0.5, 0.6) is 0 Å². The van der Waals surface area contributed by atoms with Gasteiger partial charge < -0.3 is 5.73 Å². The number of allylic oxidation sites excluding steroid dienone is 1. The summed E-state index contributed by atoms with van der Waals surface area (Å²) in [6, 6.07) is 6.03. The fourth-order valence-electron chi connectivity index (χ4n) is 1.02. The first kappa shape index (κ1) is 7.86. The van der Waals surface area contributed by atoms with Gasteiger partial charge in [-0.15, -0.1) is 0 Å². The number of hydrogen-bond acceptors (Lipinski definition) is 1. The minimum Gasteiger partial charge on any atom is -0.398 e. The Balaban J connectivity index is 3.12. The van der Waals surface area contributed by atoms with E-state index in [1.54, 1.807) is 0 Å². The van der Waals surface area contributed by atoms with Crippen molar-refractivity contribution in [2.75, 3.05) is 5.73 Å². The average molecular weight is 147 g/mol. The Morgan fingerprint density at radius 2 is 2.09 bits per heavy atom. The predicted octanol–water partition coefficient (Wildman–Crippen LogP) is 2.61. The Labute approximate surface area is 67.5 Å². The Hall–Kier alpha value is -1.24. The molecule has 0 bridgehead atoms. The number of nitrogens with two attached hydrogens (primary N) is 1. The van der Waals surface area contributed by atoms with Crippen LogP contribution in [0.4, 0.5) is 5.69 Å². The molecule has 0 radical (unpaired) electrons. The molecule has 0 aromatic heterocycles. The van der Waals surface area contributed by atoms with Gasteiger partial charge in [-0.05, 0) is 31.5 Å². The molecular weight excluding hydrogens is 134 g/mol. The molecule has 58 valence electrons. The monoisotopic (exact) mass is 147 g/mol. The zero-order valence-electron chi connectivity index (χ0n) is 6.96. The van der Waals surface area contributed by atoms with Crippen LogP contribution in [0.3, 0.4) is 0 Å². The first-order valence-corrected chi connectivity index (χ1v) is 3.73. The summed E-state index contributed by atoms with van der Waals surface area (Å²) in [5.41, 5.74) is 8.91. The number of aryl methyl sites for hydroxylation is 1. The topological polar surface area (TPSA) is 26.0 Å². The molecule has 1 rings (SSSR count). The SMILES string of the molecule is C/C=C\c1cc(C)ccc1N. The first-order chi connectivity index (χ1) is 5.24. The van der Waals surface area contributed by atoms with Crippen molar-refractivity contribution in [3.05, 3.63) is 35.4 Å². The molecule has 0 atom stereocenters. The number of nitrogen functional groups attached to an aromatic ring is 1. The van der Waals surface area contributed by atoms with E-state index in [0.717, 1.165) is 11.3 Å². The molecule has 0 aliphatic heterocycles. The molecular formula is C10H13N. The van der Waals surface area contributed by atoms with Gasteiger partial charge in [0.15, 0.2) is 0 Å². The van der Waals surface area contributed by atoms with E-state index in [1.165, 1.54) is 5.56 Å². The van der Waals surface area contributed by atoms with Gasteiger partial charge in [0.25, 0.3) is 0 Å². The standard InChI is InChI=1S/C10H13N/c1-3-4-9-7-8(2)5-6-10(9)11/h3-7H,11H2,1-2H3/b4-3-. The molecule has 0 saturated heterocycles. The lowest BCUT2D eigenvalue weighted by molar-refractivity contribution is 1.46. The van der Waals surface area contributed by atoms with Crippen molar-refractivity contribution in [1.29, 1.82) is 0 Å². The third-order valence-electron chi connectivity index (χ3n) is 1.59. The van der Waals surface area contributed by atoms with E-state index >= 15 is 0 Å². The highest BCUT2D eigenvalue weighted by Crippen LogP contribution is 2.14. The van der Waals surface area contributed by atoms with E-state index in [1.807, 2.05) is 31.2 Å². The molecule has 2 N–H and O–H groups in total. The van der Waals surface area contributed by atoms with Crippen molar-refractivity contribution >= 4 is 11.8 Å². The molecule has 1 aromatic carbocycles. The van der Waals surface area contributed by atoms with Crippen molar-refractivity contribution in [1.82, 2.24) is 0 Å². The Bertz CT molecular complexity index is 274. The maximum absolute atomic E-state index is 5.72. The maximum Gasteiger partial charge on any atom is 0.0387 e. The lowest BCUT2D eigenvalue weighted by Crippen LogP contribution is -1.88. The predicted molar refractivity (Wildman–Crippen MR) is 50.3 cm³/mol. The van der Waals surface area contributed by atoms with Crippen LogP contribution in [0.1, 0.15) is 18.1 Å². The summed E-state index contributed by atoms with van der Waals surface area (Å²) in [7, 11) is 0. The van der Waals surface area contributed by atoms with Crippen LogP contribution >= 0.6 is 0 Å². The number of hydrogen-bond donors (Lipinski definition) is 1. The summed E-state index contributed by atoms with van der Waals surface area (Å²) < 4.78 is 0. The summed E-state index contributed by atoms with van der Waals surface area (Å²) in [4.78, 5) is 0. The molecule has 1 nitrogen and oxygen atoms in total. The Kier molecular flexibility index (Phi) is 2.32. The van der Waals surface area contributed by atoms with Crippen molar-refractivity contribution in [2.45, 2.75) is 13.8 Å². The maximum atomic E-state index is 5.72. The fraction of sp³-hybridized carbons (Fsp3) is 0.200. The van der Waals surface area contributed by atoms with Gasteiger partial charge in [-0.2, -0.15) is 0 Å². The Morgan fingerprint density at radius 1 is 1.36 bits per heavy atom. The molecule has 0 fully saturated rings. The summed E-state index contributed by atoms with van der Waals surface area (Å²) in [6.45, 7) is 4.05. The zero-order valence-corrected chi connectivity index (χ0v) is 6.96. The number of anilines is 1. The molecule has 0 amide bonds. The fourth-order valence-corrected chi connectivity index (χ4v) is 1.02. The van der Waals surface area contributed by atoms with Gasteiger partial charge >= 0.3 is 0 Å². The largest absolute Gasteiger partial charge is 0.398 e. The summed E-state index contributed by atoms with van der Waals surface area (Å²) >= 11 is 0. The average Bonchev–Trinajstić information content (AvgIpc) is 1.98. The number of rotatable bonds is 1. The van der Waals surface area contributed by atoms with Crippen molar-refractivity contribution in [3.63, 3.8) is 0 Å². The van der Waals surface area contributed by atoms with Gasteiger partial charge in [0.1, 0.15) is 0 Å². The molecule has 0 heterocycles. The minimum absolute atomic E-state index is 0.841. The van der Waals surface area contributed by atoms with E-state index in [4.69, 9.17) is 5.73 Å². The molecule has 0 unspecified atom stereocenters. The highest BCUT2D eigenvalue weighted by Gasteiger charge is 1.92. The van der Waals surface area contributed by atoms with Crippen molar-refractivity contribution in [2.24, 2.45) is 0 Å². The van der Waals surface area contributed by atoms with Crippen LogP contribution in [-0.4, -0.2) is 0 Å². The van der Waals surface area contributed by atoms with E-state index < -0.39 is 0 Å². The lowest BCUT2D eigenvalue weighted by atomic mass is 10.1. The third-order valence-corrected chi connectivity index (χ3v) is 1.59. The van der Waals surface area contributed by atoms with Gasteiger partial charge in [-0.1, -0.05) is 23.8 Å². The highest BCUT2D eigenvalue weighted by atomic mass is 14.5. The summed E-state index contributed by atoms with van der Waals surface area (Å²) in [6.07, 6.45) is 4.01. The molecule has 0 spiro atoms. The lowest BCUT2D eigenvalue weighted by Gasteiger charge is -2.00. The Morgan fingerprint density at radius 3 is 2.73 bits per heavy atom. The van der Waals surface area contributed by atoms with E-state index in [9.17, 15) is 0 Å². The van der Waals surface area contributed by atoms with Crippen LogP contribution in [0.2, 0.25) is 0 Å². The van der Waals surface area contributed by atoms with Crippen molar-refractivity contribution < 1.29 is 0 Å². The van der Waals surface area contributed by atoms with Gasteiger partial charge in [0.2, 0.25) is 0 Å². The molecule has 0 aliphatic carbocycles. The van der Waals surface area contributed by atoms with E-state index in [2.05, 4.69) is 13.0 Å². The molecule has 1 aromatic rings. The number of benzene rings is 1. The van der Waals surface area contributed by atoms with Crippen LogP contribution in [0, 0.1) is 6.92 Å². The normalized spacial score (nSPS) is 10.7. The minimum atomic E-state index is 0.841. The van der Waals surface area contributed by atoms with Gasteiger partial charge in [-0.3, -0.25) is 0 Å². The smallest absolute Gasteiger partial charge is 0.0387 e. The van der Waals surface area contributed by atoms with Crippen LogP contribution in [0.15, 0.2) is 24.3 Å². The molecule has 11 heavy (non-hydrogen) atoms. The summed E-state index contributed by atoms with van der Waals surface area (Å²) in [5.74, 6) is 0. The zero-order chi connectivity index (χ0) is 8.27. The second-order valence-corrected chi connectivity index (χ2v) is 2.63. The quantitative estimate of drug-likeness (QED) is 0.607. The molecule has 0 aliphatic rings. The molecule has 1 heteroatoms. The van der Waals surface area contributed by atoms with Crippen LogP contribution < -0.4 is 5.73 Å². The second-order valence-electron chi connectivity index (χ2n) is 2.63. The van der Waals surface area contributed by atoms with E-state index in [-0.39, 0.29) is 0 Å². The van der Waals surface area contributed by atoms with Gasteiger partial charge in [0.05, 0.1) is 0 Å². The van der Waals surface area contributed by atoms with E-state index in [0.29, 0.717) is 0 Å². The van der Waals surface area contributed by atoms with Crippen molar-refractivity contribution in [3.8, 4) is 0 Å². The van der Waals surface area contributed by atoms with Gasteiger partial charge in [-0.25, -0.2) is 0 Å².